The molecule has 3 aliphatic rings. The smallest absolute Gasteiger partial charge is 0.412 e. The molecule has 2 saturated heterocycles. The minimum atomic E-state index is -0.558. The Kier molecular flexibility index (Phi) is 5.37. The molecule has 0 radical (unpaired) electrons. The van der Waals surface area contributed by atoms with Crippen LogP contribution in [0.2, 0.25) is 0 Å². The number of ether oxygens (including phenoxy) is 5. The zero-order chi connectivity index (χ0) is 24.8. The second-order valence-electron chi connectivity index (χ2n) is 9.06. The summed E-state index contributed by atoms with van der Waals surface area (Å²) >= 11 is 0. The molecule has 0 saturated carbocycles. The number of tetrazole rings is 1. The second kappa shape index (κ2) is 9.02. The fourth-order valence-electron chi connectivity index (χ4n) is 5.16. The molecule has 0 bridgehead atoms. The standard InChI is InChI=1S/C26H23N5O6/c32-26(27-18-7-3-5-15-4-1-2-6-17(15)18)37-22-14-36-23-19(13-35-24(22)23)31-25(28-29-30-31)16-8-9-20-21(12-16)34-11-10-33-20/h1-9,12,19,22-24H,10-11,13-14H2,(H,27,32). The van der Waals surface area contributed by atoms with Gasteiger partial charge in [-0.25, -0.2) is 9.48 Å². The number of benzene rings is 3. The van der Waals surface area contributed by atoms with E-state index in [2.05, 4.69) is 20.8 Å². The maximum Gasteiger partial charge on any atom is 0.412 e. The average Bonchev–Trinajstić information content (AvgIpc) is 3.66. The lowest BCUT2D eigenvalue weighted by atomic mass is 10.1. The van der Waals surface area contributed by atoms with Gasteiger partial charge >= 0.3 is 6.09 Å². The molecule has 4 aromatic rings. The lowest BCUT2D eigenvalue weighted by molar-refractivity contribution is 0.00775. The van der Waals surface area contributed by atoms with E-state index >= 15 is 0 Å². The van der Waals surface area contributed by atoms with Crippen molar-refractivity contribution in [2.45, 2.75) is 24.4 Å². The molecule has 1 amide bonds. The molecule has 4 atom stereocenters. The Hall–Kier alpha value is -4.22. The molecule has 3 aliphatic heterocycles. The molecular formula is C26H23N5O6. The van der Waals surface area contributed by atoms with Gasteiger partial charge in [-0.05, 0) is 40.1 Å². The van der Waals surface area contributed by atoms with Crippen LogP contribution in [-0.2, 0) is 14.2 Å². The third-order valence-electron chi connectivity index (χ3n) is 6.87. The molecule has 0 spiro atoms. The van der Waals surface area contributed by atoms with E-state index in [1.165, 1.54) is 0 Å². The molecule has 3 aromatic carbocycles. The number of nitrogens with zero attached hydrogens (tertiary/aromatic N) is 4. The summed E-state index contributed by atoms with van der Waals surface area (Å²) in [7, 11) is 0. The van der Waals surface area contributed by atoms with E-state index in [4.69, 9.17) is 23.7 Å². The molecule has 4 heterocycles. The highest BCUT2D eigenvalue weighted by atomic mass is 16.6. The molecule has 4 unspecified atom stereocenters. The highest BCUT2D eigenvalue weighted by Crippen LogP contribution is 2.39. The van der Waals surface area contributed by atoms with E-state index in [-0.39, 0.29) is 18.8 Å². The summed E-state index contributed by atoms with van der Waals surface area (Å²) in [6, 6.07) is 18.9. The number of rotatable bonds is 4. The average molecular weight is 501 g/mol. The summed E-state index contributed by atoms with van der Waals surface area (Å²) in [5.41, 5.74) is 1.47. The third kappa shape index (κ3) is 3.92. The van der Waals surface area contributed by atoms with Crippen LogP contribution in [0.1, 0.15) is 6.04 Å². The highest BCUT2D eigenvalue weighted by molar-refractivity contribution is 6.00. The van der Waals surface area contributed by atoms with Gasteiger partial charge in [0.25, 0.3) is 0 Å². The van der Waals surface area contributed by atoms with Gasteiger partial charge in [0, 0.05) is 10.9 Å². The topological polar surface area (TPSA) is 119 Å². The SMILES string of the molecule is O=C(Nc1cccc2ccccc12)OC1COC2C1OCC2n1nnnc1-c1ccc2c(c1)OCCO2. The van der Waals surface area contributed by atoms with Crippen LogP contribution < -0.4 is 14.8 Å². The predicted octanol–water partition coefficient (Wildman–Crippen LogP) is 3.22. The van der Waals surface area contributed by atoms with Crippen LogP contribution in [0.3, 0.4) is 0 Å². The maximum absolute atomic E-state index is 12.8. The Morgan fingerprint density at radius 3 is 2.73 bits per heavy atom. The summed E-state index contributed by atoms with van der Waals surface area (Å²) in [4.78, 5) is 12.8. The van der Waals surface area contributed by atoms with Gasteiger partial charge in [0.1, 0.15) is 31.5 Å². The van der Waals surface area contributed by atoms with Crippen LogP contribution in [0.25, 0.3) is 22.2 Å². The van der Waals surface area contributed by atoms with E-state index in [1.807, 2.05) is 60.7 Å². The van der Waals surface area contributed by atoms with Gasteiger partial charge in [-0.2, -0.15) is 0 Å². The summed E-state index contributed by atoms with van der Waals surface area (Å²) < 4.78 is 30.8. The Bertz CT molecular complexity index is 1470. The number of anilines is 1. The van der Waals surface area contributed by atoms with Crippen LogP contribution in [-0.4, -0.2) is 71.0 Å². The zero-order valence-corrected chi connectivity index (χ0v) is 19.6. The van der Waals surface area contributed by atoms with Crippen molar-refractivity contribution in [1.29, 1.82) is 0 Å². The van der Waals surface area contributed by atoms with Crippen molar-refractivity contribution in [3.8, 4) is 22.9 Å². The minimum absolute atomic E-state index is 0.219. The van der Waals surface area contributed by atoms with Crippen LogP contribution in [0, 0.1) is 0 Å². The molecule has 1 aromatic heterocycles. The first-order valence-corrected chi connectivity index (χ1v) is 12.1. The summed E-state index contributed by atoms with van der Waals surface area (Å²) in [5.74, 6) is 1.91. The van der Waals surface area contributed by atoms with Gasteiger partial charge in [-0.1, -0.05) is 36.4 Å². The van der Waals surface area contributed by atoms with Crippen molar-refractivity contribution in [3.05, 3.63) is 60.7 Å². The van der Waals surface area contributed by atoms with Crippen LogP contribution in [0.4, 0.5) is 10.5 Å². The number of carbonyl (C=O) groups is 1. The maximum atomic E-state index is 12.8. The molecule has 7 rings (SSSR count). The van der Waals surface area contributed by atoms with Crippen molar-refractivity contribution in [2.75, 3.05) is 31.7 Å². The molecule has 2 fully saturated rings. The fraction of sp³-hybridized carbons (Fsp3) is 0.308. The molecular weight excluding hydrogens is 478 g/mol. The normalized spacial score (nSPS) is 24.1. The first-order valence-electron chi connectivity index (χ1n) is 12.1. The first kappa shape index (κ1) is 22.0. The Morgan fingerprint density at radius 1 is 0.946 bits per heavy atom. The van der Waals surface area contributed by atoms with Crippen molar-refractivity contribution >= 4 is 22.6 Å². The van der Waals surface area contributed by atoms with Crippen molar-refractivity contribution in [2.24, 2.45) is 0 Å². The molecule has 0 aliphatic carbocycles. The summed E-state index contributed by atoms with van der Waals surface area (Å²) in [5, 5.41) is 17.2. The predicted molar refractivity (Wildman–Crippen MR) is 131 cm³/mol. The number of hydrogen-bond donors (Lipinski definition) is 1. The number of hydrogen-bond acceptors (Lipinski definition) is 9. The van der Waals surface area contributed by atoms with Crippen molar-refractivity contribution < 1.29 is 28.5 Å². The Balaban J connectivity index is 1.06. The fourth-order valence-corrected chi connectivity index (χ4v) is 5.16. The number of amides is 1. The van der Waals surface area contributed by atoms with Crippen molar-refractivity contribution in [1.82, 2.24) is 20.2 Å². The highest BCUT2D eigenvalue weighted by Gasteiger charge is 2.51. The molecule has 11 nitrogen and oxygen atoms in total. The van der Waals surface area contributed by atoms with Crippen LogP contribution >= 0.6 is 0 Å². The Morgan fingerprint density at radius 2 is 1.78 bits per heavy atom. The summed E-state index contributed by atoms with van der Waals surface area (Å²) in [6.07, 6.45) is -1.91. The quantitative estimate of drug-likeness (QED) is 0.450. The Labute approximate surface area is 211 Å². The monoisotopic (exact) mass is 501 g/mol. The van der Waals surface area contributed by atoms with Crippen molar-refractivity contribution in [3.63, 3.8) is 0 Å². The lowest BCUT2D eigenvalue weighted by Crippen LogP contribution is -2.35. The van der Waals surface area contributed by atoms with Gasteiger partial charge in [-0.3, -0.25) is 5.32 Å². The number of fused-ring (bicyclic) bond motifs is 3. The van der Waals surface area contributed by atoms with Gasteiger partial charge in [0.2, 0.25) is 0 Å². The van der Waals surface area contributed by atoms with Gasteiger partial charge in [0.15, 0.2) is 23.4 Å². The number of nitrogens with one attached hydrogen (secondary N) is 1. The second-order valence-corrected chi connectivity index (χ2v) is 9.06. The molecule has 37 heavy (non-hydrogen) atoms. The largest absolute Gasteiger partial charge is 0.486 e. The van der Waals surface area contributed by atoms with Crippen LogP contribution in [0.15, 0.2) is 60.7 Å². The molecule has 188 valence electrons. The molecule has 11 heteroatoms. The van der Waals surface area contributed by atoms with Crippen LogP contribution in [0.5, 0.6) is 11.5 Å². The van der Waals surface area contributed by atoms with Gasteiger partial charge < -0.3 is 23.7 Å². The van der Waals surface area contributed by atoms with Gasteiger partial charge in [-0.15, -0.1) is 5.10 Å². The minimum Gasteiger partial charge on any atom is -0.486 e. The summed E-state index contributed by atoms with van der Waals surface area (Å²) in [6.45, 7) is 1.55. The van der Waals surface area contributed by atoms with E-state index in [0.29, 0.717) is 42.8 Å². The van der Waals surface area contributed by atoms with E-state index in [9.17, 15) is 4.79 Å². The van der Waals surface area contributed by atoms with E-state index < -0.39 is 18.3 Å². The lowest BCUT2D eigenvalue weighted by Gasteiger charge is -2.20. The van der Waals surface area contributed by atoms with E-state index in [1.54, 1.807) is 4.68 Å². The molecule has 1 N–H and O–H groups in total. The van der Waals surface area contributed by atoms with Gasteiger partial charge in [0.05, 0.1) is 18.9 Å². The third-order valence-corrected chi connectivity index (χ3v) is 6.87. The number of carbonyl (C=O) groups excluding carboxylic acids is 1. The zero-order valence-electron chi connectivity index (χ0n) is 19.6. The van der Waals surface area contributed by atoms with E-state index in [0.717, 1.165) is 16.3 Å². The number of aromatic nitrogens is 4. The first-order chi connectivity index (χ1) is 18.2.